The zero-order chi connectivity index (χ0) is 40.7. The quantitative estimate of drug-likeness (QED) is 0.0526. The highest BCUT2D eigenvalue weighted by molar-refractivity contribution is 6.02. The topological polar surface area (TPSA) is 209 Å². The van der Waals surface area contributed by atoms with Crippen molar-refractivity contribution in [2.45, 2.75) is 65.7 Å². The molecule has 0 fully saturated rings. The monoisotopic (exact) mass is 760 g/mol. The lowest BCUT2D eigenvalue weighted by molar-refractivity contribution is 0.0876. The van der Waals surface area contributed by atoms with E-state index in [4.69, 9.17) is 4.42 Å². The third-order valence-corrected chi connectivity index (χ3v) is 10.3. The van der Waals surface area contributed by atoms with Gasteiger partial charge in [-0.3, -0.25) is 9.59 Å². The Labute approximate surface area is 322 Å². The Morgan fingerprint density at radius 2 is 1.38 bits per heavy atom. The van der Waals surface area contributed by atoms with E-state index in [9.17, 15) is 45.6 Å². The highest BCUT2D eigenvalue weighted by Gasteiger charge is 2.44. The van der Waals surface area contributed by atoms with Crippen LogP contribution in [0.5, 0.6) is 46.0 Å². The molecule has 0 radical (unpaired) electrons. The molecule has 1 aliphatic rings. The highest BCUT2D eigenvalue weighted by Crippen LogP contribution is 2.54. The SMILES string of the molecule is CC(C)=CCc1c(O)ccc(C(=O)[C@@H]2[C@@H](c3c(O)ccc(-c4oc5cc(O)cc(O)c5c(=O)c4CC=C(C)C)c3O)C=C(C)C[C@H]2c2ccc(O)cc2O)c1O. The van der Waals surface area contributed by atoms with Crippen molar-refractivity contribution in [1.29, 1.82) is 0 Å². The number of carbonyl (C=O) groups is 1. The Balaban J connectivity index is 1.62. The van der Waals surface area contributed by atoms with Gasteiger partial charge < -0.3 is 45.3 Å². The Hall–Kier alpha value is -6.62. The van der Waals surface area contributed by atoms with E-state index in [1.807, 2.05) is 27.7 Å². The minimum Gasteiger partial charge on any atom is -0.508 e. The van der Waals surface area contributed by atoms with Gasteiger partial charge in [-0.15, -0.1) is 0 Å². The number of phenolic OH excluding ortho intramolecular Hbond substituents is 8. The minimum atomic E-state index is -1.21. The zero-order valence-corrected chi connectivity index (χ0v) is 31.6. The first kappa shape index (κ1) is 39.1. The predicted octanol–water partition coefficient (Wildman–Crippen LogP) is 8.84. The molecule has 6 rings (SSSR count). The molecule has 1 aliphatic carbocycles. The van der Waals surface area contributed by atoms with Crippen molar-refractivity contribution in [2.75, 3.05) is 0 Å². The molecule has 11 nitrogen and oxygen atoms in total. The van der Waals surface area contributed by atoms with Gasteiger partial charge in [0.2, 0.25) is 5.43 Å². The van der Waals surface area contributed by atoms with Crippen molar-refractivity contribution in [3.8, 4) is 57.3 Å². The van der Waals surface area contributed by atoms with E-state index in [1.165, 1.54) is 36.4 Å². The van der Waals surface area contributed by atoms with E-state index in [1.54, 1.807) is 25.2 Å². The number of Topliss-reactive ketones (excluding diaryl/α,β-unsaturated/α-hetero) is 1. The highest BCUT2D eigenvalue weighted by atomic mass is 16.3. The predicted molar refractivity (Wildman–Crippen MR) is 212 cm³/mol. The molecule has 4 aromatic carbocycles. The molecule has 0 aliphatic heterocycles. The van der Waals surface area contributed by atoms with Crippen LogP contribution in [0.15, 0.2) is 98.8 Å². The van der Waals surface area contributed by atoms with Crippen molar-refractivity contribution < 1.29 is 50.1 Å². The van der Waals surface area contributed by atoms with E-state index in [0.717, 1.165) is 34.9 Å². The van der Waals surface area contributed by atoms with E-state index in [-0.39, 0.29) is 86.8 Å². The molecule has 11 heteroatoms. The third kappa shape index (κ3) is 7.27. The van der Waals surface area contributed by atoms with Gasteiger partial charge in [0.25, 0.3) is 0 Å². The molecule has 0 spiro atoms. The van der Waals surface area contributed by atoms with Crippen molar-refractivity contribution in [3.63, 3.8) is 0 Å². The van der Waals surface area contributed by atoms with E-state index in [0.29, 0.717) is 5.56 Å². The fourth-order valence-electron chi connectivity index (χ4n) is 7.61. The van der Waals surface area contributed by atoms with Crippen LogP contribution in [-0.4, -0.2) is 46.6 Å². The van der Waals surface area contributed by atoms with Gasteiger partial charge in [-0.1, -0.05) is 41.0 Å². The summed E-state index contributed by atoms with van der Waals surface area (Å²) in [6, 6.07) is 11.5. The molecular weight excluding hydrogens is 716 g/mol. The third-order valence-electron chi connectivity index (χ3n) is 10.3. The van der Waals surface area contributed by atoms with Gasteiger partial charge in [-0.05, 0) is 89.8 Å². The summed E-state index contributed by atoms with van der Waals surface area (Å²) in [5.74, 6) is -6.85. The summed E-state index contributed by atoms with van der Waals surface area (Å²) < 4.78 is 6.19. The maximum absolute atomic E-state index is 15.0. The maximum Gasteiger partial charge on any atom is 0.200 e. The van der Waals surface area contributed by atoms with Crippen LogP contribution < -0.4 is 5.43 Å². The minimum absolute atomic E-state index is 0.0277. The molecule has 0 saturated carbocycles. The molecule has 1 heterocycles. The van der Waals surface area contributed by atoms with Gasteiger partial charge in [0.05, 0.1) is 11.1 Å². The van der Waals surface area contributed by atoms with E-state index in [2.05, 4.69) is 0 Å². The summed E-state index contributed by atoms with van der Waals surface area (Å²) in [4.78, 5) is 29.0. The number of aromatic hydroxyl groups is 8. The standard InChI is InChI=1S/C45H44O11/c1-21(2)6-9-27-33(48)14-12-28(41(27)52)42(53)38-31(26-11-8-24(46)18-35(26)50)16-23(5)17-32(38)39-34(49)15-13-30(43(39)54)45-29(10-7-22(3)4)44(55)40-36(51)19-25(47)20-37(40)56-45/h6-8,11-15,17-20,31-32,38,46-52,54H,9-10,16H2,1-5H3/t31-,32-,38-/m0/s1. The zero-order valence-electron chi connectivity index (χ0n) is 31.6. The fourth-order valence-corrected chi connectivity index (χ4v) is 7.61. The number of ketones is 1. The van der Waals surface area contributed by atoms with E-state index < -0.39 is 52.0 Å². The molecule has 8 N–H and O–H groups in total. The van der Waals surface area contributed by atoms with Crippen LogP contribution in [0.4, 0.5) is 0 Å². The van der Waals surface area contributed by atoms with Crippen LogP contribution in [0.2, 0.25) is 0 Å². The molecule has 0 unspecified atom stereocenters. The lowest BCUT2D eigenvalue weighted by Gasteiger charge is -2.37. The number of fused-ring (bicyclic) bond motifs is 1. The second-order valence-electron chi connectivity index (χ2n) is 14.9. The first-order valence-corrected chi connectivity index (χ1v) is 18.1. The lowest BCUT2D eigenvalue weighted by Crippen LogP contribution is -2.31. The smallest absolute Gasteiger partial charge is 0.200 e. The van der Waals surface area contributed by atoms with Gasteiger partial charge in [0.15, 0.2) is 5.78 Å². The van der Waals surface area contributed by atoms with Crippen molar-refractivity contribution in [1.82, 2.24) is 0 Å². The molecule has 3 atom stereocenters. The number of allylic oxidation sites excluding steroid dienone is 6. The fraction of sp³-hybridized carbons (Fsp3) is 0.244. The molecule has 0 amide bonds. The molecule has 0 bridgehead atoms. The first-order chi connectivity index (χ1) is 26.5. The Kier molecular flexibility index (Phi) is 10.6. The Bertz CT molecular complexity index is 2550. The number of phenols is 8. The van der Waals surface area contributed by atoms with Crippen LogP contribution >= 0.6 is 0 Å². The van der Waals surface area contributed by atoms with Crippen LogP contribution in [0, 0.1) is 5.92 Å². The van der Waals surface area contributed by atoms with Gasteiger partial charge >= 0.3 is 0 Å². The molecule has 1 aromatic heterocycles. The van der Waals surface area contributed by atoms with Crippen LogP contribution in [0.25, 0.3) is 22.3 Å². The number of carbonyl (C=O) groups excluding carboxylic acids is 1. The molecule has 290 valence electrons. The van der Waals surface area contributed by atoms with Crippen LogP contribution in [0.1, 0.15) is 85.5 Å². The van der Waals surface area contributed by atoms with Crippen molar-refractivity contribution >= 4 is 16.8 Å². The van der Waals surface area contributed by atoms with Gasteiger partial charge in [-0.25, -0.2) is 0 Å². The molecule has 5 aromatic rings. The summed E-state index contributed by atoms with van der Waals surface area (Å²) in [6.45, 7) is 9.18. The largest absolute Gasteiger partial charge is 0.508 e. The van der Waals surface area contributed by atoms with Crippen molar-refractivity contribution in [2.24, 2.45) is 5.92 Å². The summed E-state index contributed by atoms with van der Waals surface area (Å²) in [5.41, 5.74) is 1.96. The van der Waals surface area contributed by atoms with E-state index >= 15 is 4.79 Å². The average molecular weight is 761 g/mol. The summed E-state index contributed by atoms with van der Waals surface area (Å²) >= 11 is 0. The number of benzene rings is 4. The Morgan fingerprint density at radius 3 is 2.04 bits per heavy atom. The van der Waals surface area contributed by atoms with Gasteiger partial charge in [-0.2, -0.15) is 0 Å². The van der Waals surface area contributed by atoms with Gasteiger partial charge in [0.1, 0.15) is 62.7 Å². The number of hydrogen-bond acceptors (Lipinski definition) is 11. The summed E-state index contributed by atoms with van der Waals surface area (Å²) in [5, 5.41) is 88.1. The summed E-state index contributed by atoms with van der Waals surface area (Å²) in [6.07, 6.45) is 5.67. The lowest BCUT2D eigenvalue weighted by atomic mass is 9.65. The molecule has 56 heavy (non-hydrogen) atoms. The second kappa shape index (κ2) is 15.3. The van der Waals surface area contributed by atoms with Crippen molar-refractivity contribution in [3.05, 3.63) is 128 Å². The average Bonchev–Trinajstić information content (AvgIpc) is 3.10. The normalized spacial score (nSPS) is 16.7. The second-order valence-corrected chi connectivity index (χ2v) is 14.9. The first-order valence-electron chi connectivity index (χ1n) is 18.1. The maximum atomic E-state index is 15.0. The van der Waals surface area contributed by atoms with Gasteiger partial charge in [0, 0.05) is 52.6 Å². The van der Waals surface area contributed by atoms with Crippen LogP contribution in [0.3, 0.4) is 0 Å². The van der Waals surface area contributed by atoms with Crippen LogP contribution in [-0.2, 0) is 12.8 Å². The number of rotatable bonds is 9. The molecular formula is C45H44O11. The molecule has 0 saturated heterocycles. The Morgan fingerprint density at radius 1 is 0.732 bits per heavy atom. The summed E-state index contributed by atoms with van der Waals surface area (Å²) in [7, 11) is 0. The number of hydrogen-bond donors (Lipinski definition) is 8.